The SMILES string of the molecule is Cc1c(NCc2ccc(Cl)c(Cl)c2)ncnc1C(=O)N1CCC(N2CCC(NS(=O)(=O)C(C)C)CC2)CC1. The third-order valence-corrected chi connectivity index (χ3v) is 10.1. The molecule has 0 spiro atoms. The van der Waals surface area contributed by atoms with E-state index >= 15 is 0 Å². The summed E-state index contributed by atoms with van der Waals surface area (Å²) in [6.45, 7) is 8.80. The number of amides is 1. The minimum absolute atomic E-state index is 0.000500. The number of hydrogen-bond donors (Lipinski definition) is 2. The van der Waals surface area contributed by atoms with Crippen LogP contribution >= 0.6 is 23.2 Å². The van der Waals surface area contributed by atoms with Gasteiger partial charge >= 0.3 is 0 Å². The average molecular weight is 584 g/mol. The highest BCUT2D eigenvalue weighted by atomic mass is 35.5. The lowest BCUT2D eigenvalue weighted by atomic mass is 9.98. The Bertz CT molecular complexity index is 1240. The van der Waals surface area contributed by atoms with Crippen molar-refractivity contribution in [2.24, 2.45) is 0 Å². The molecule has 0 atom stereocenters. The second-order valence-electron chi connectivity index (χ2n) is 10.3. The van der Waals surface area contributed by atoms with E-state index in [1.165, 1.54) is 6.33 Å². The van der Waals surface area contributed by atoms with E-state index in [1.54, 1.807) is 26.0 Å². The van der Waals surface area contributed by atoms with Crippen molar-refractivity contribution in [3.63, 3.8) is 0 Å². The average Bonchev–Trinajstić information content (AvgIpc) is 2.90. The van der Waals surface area contributed by atoms with E-state index in [-0.39, 0.29) is 11.9 Å². The molecular weight excluding hydrogens is 547 g/mol. The number of halogens is 2. The summed E-state index contributed by atoms with van der Waals surface area (Å²) in [5, 5.41) is 3.85. The first kappa shape index (κ1) is 29.0. The van der Waals surface area contributed by atoms with Crippen LogP contribution in [0.15, 0.2) is 24.5 Å². The zero-order chi connectivity index (χ0) is 27.4. The van der Waals surface area contributed by atoms with Crippen LogP contribution in [0.5, 0.6) is 0 Å². The third kappa shape index (κ3) is 6.96. The summed E-state index contributed by atoms with van der Waals surface area (Å²) in [5.74, 6) is 0.531. The van der Waals surface area contributed by atoms with Crippen LogP contribution in [-0.2, 0) is 16.6 Å². The number of hydrogen-bond acceptors (Lipinski definition) is 7. The minimum Gasteiger partial charge on any atom is -0.366 e. The molecule has 0 radical (unpaired) electrons. The Morgan fingerprint density at radius 2 is 1.74 bits per heavy atom. The van der Waals surface area contributed by atoms with Gasteiger partial charge in [0.05, 0.1) is 15.3 Å². The lowest BCUT2D eigenvalue weighted by molar-refractivity contribution is 0.0570. The highest BCUT2D eigenvalue weighted by molar-refractivity contribution is 7.90. The second-order valence-corrected chi connectivity index (χ2v) is 13.4. The van der Waals surface area contributed by atoms with Crippen LogP contribution in [0.4, 0.5) is 5.82 Å². The van der Waals surface area contributed by atoms with Gasteiger partial charge < -0.3 is 15.1 Å². The fourth-order valence-corrected chi connectivity index (χ4v) is 6.31. The number of aromatic nitrogens is 2. The number of rotatable bonds is 8. The summed E-state index contributed by atoms with van der Waals surface area (Å²) in [6.07, 6.45) is 4.82. The van der Waals surface area contributed by atoms with Crippen molar-refractivity contribution in [2.75, 3.05) is 31.5 Å². The summed E-state index contributed by atoms with van der Waals surface area (Å²) in [5.41, 5.74) is 2.08. The summed E-state index contributed by atoms with van der Waals surface area (Å²) in [7, 11) is -3.25. The van der Waals surface area contributed by atoms with Gasteiger partial charge in [0.1, 0.15) is 17.8 Å². The van der Waals surface area contributed by atoms with E-state index in [1.807, 2.05) is 17.9 Å². The van der Waals surface area contributed by atoms with Crippen LogP contribution in [0.2, 0.25) is 10.0 Å². The van der Waals surface area contributed by atoms with Gasteiger partial charge in [-0.05, 0) is 77.2 Å². The molecule has 2 aliphatic heterocycles. The fourth-order valence-electron chi connectivity index (χ4n) is 5.01. The zero-order valence-corrected chi connectivity index (χ0v) is 24.4. The molecule has 2 N–H and O–H groups in total. The topological polar surface area (TPSA) is 108 Å². The van der Waals surface area contributed by atoms with Crippen LogP contribution in [0, 0.1) is 6.92 Å². The molecule has 0 saturated carbocycles. The third-order valence-electron chi connectivity index (χ3n) is 7.48. The molecule has 1 aromatic heterocycles. The summed E-state index contributed by atoms with van der Waals surface area (Å²) >= 11 is 12.1. The first-order valence-electron chi connectivity index (χ1n) is 13.1. The highest BCUT2D eigenvalue weighted by Gasteiger charge is 2.32. The quantitative estimate of drug-likeness (QED) is 0.482. The Morgan fingerprint density at radius 1 is 1.05 bits per heavy atom. The van der Waals surface area contributed by atoms with Crippen molar-refractivity contribution in [2.45, 2.75) is 70.3 Å². The van der Waals surface area contributed by atoms with Gasteiger partial charge in [0, 0.05) is 37.3 Å². The Hall–Kier alpha value is -1.98. The molecule has 38 heavy (non-hydrogen) atoms. The summed E-state index contributed by atoms with van der Waals surface area (Å²) in [4.78, 5) is 26.3. The van der Waals surface area contributed by atoms with Crippen LogP contribution in [-0.4, -0.2) is 77.6 Å². The van der Waals surface area contributed by atoms with Crippen LogP contribution < -0.4 is 10.0 Å². The lowest BCUT2D eigenvalue weighted by Gasteiger charge is -2.42. The molecule has 2 fully saturated rings. The molecule has 1 aromatic carbocycles. The maximum atomic E-state index is 13.3. The molecule has 0 aliphatic carbocycles. The monoisotopic (exact) mass is 582 g/mol. The van der Waals surface area contributed by atoms with Gasteiger partial charge in [-0.2, -0.15) is 0 Å². The van der Waals surface area contributed by atoms with Gasteiger partial charge in [-0.25, -0.2) is 23.1 Å². The Balaban J connectivity index is 1.29. The highest BCUT2D eigenvalue weighted by Crippen LogP contribution is 2.25. The number of benzene rings is 1. The standard InChI is InChI=1S/C26H36Cl2N6O3S/c1-17(2)38(36,37)32-20-6-10-33(11-7-20)21-8-12-34(13-9-21)26(35)24-18(3)25(31-16-30-24)29-15-19-4-5-22(27)23(28)14-19/h4-5,14,16-17,20-21,32H,6-13,15H2,1-3H3,(H,29,30,31). The summed E-state index contributed by atoms with van der Waals surface area (Å²) < 4.78 is 27.2. The lowest BCUT2D eigenvalue weighted by Crippen LogP contribution is -2.52. The largest absolute Gasteiger partial charge is 0.366 e. The molecule has 12 heteroatoms. The van der Waals surface area contributed by atoms with Crippen LogP contribution in [0.25, 0.3) is 0 Å². The molecule has 0 bridgehead atoms. The number of nitrogens with one attached hydrogen (secondary N) is 2. The normalized spacial score (nSPS) is 18.2. The molecule has 9 nitrogen and oxygen atoms in total. The van der Waals surface area contributed by atoms with E-state index in [0.717, 1.165) is 44.3 Å². The molecule has 208 valence electrons. The Labute approximate surface area is 235 Å². The first-order chi connectivity index (χ1) is 18.0. The zero-order valence-electron chi connectivity index (χ0n) is 22.1. The van der Waals surface area contributed by atoms with E-state index < -0.39 is 15.3 Å². The number of piperidine rings is 2. The fraction of sp³-hybridized carbons (Fsp3) is 0.577. The molecule has 1 amide bonds. The van der Waals surface area contributed by atoms with Crippen molar-refractivity contribution in [3.05, 3.63) is 51.4 Å². The smallest absolute Gasteiger partial charge is 0.272 e. The predicted octanol–water partition coefficient (Wildman–Crippen LogP) is 4.10. The maximum absolute atomic E-state index is 13.3. The van der Waals surface area contributed by atoms with E-state index in [9.17, 15) is 13.2 Å². The number of likely N-dealkylation sites (tertiary alicyclic amines) is 2. The van der Waals surface area contributed by atoms with Crippen LogP contribution in [0.3, 0.4) is 0 Å². The van der Waals surface area contributed by atoms with Crippen LogP contribution in [0.1, 0.15) is 61.1 Å². The molecule has 3 heterocycles. The van der Waals surface area contributed by atoms with Crippen molar-refractivity contribution in [1.29, 1.82) is 0 Å². The predicted molar refractivity (Wildman–Crippen MR) is 151 cm³/mol. The number of anilines is 1. The van der Waals surface area contributed by atoms with Crippen molar-refractivity contribution in [3.8, 4) is 0 Å². The molecule has 2 saturated heterocycles. The van der Waals surface area contributed by atoms with E-state index in [4.69, 9.17) is 23.2 Å². The summed E-state index contributed by atoms with van der Waals surface area (Å²) in [6, 6.07) is 5.84. The van der Waals surface area contributed by atoms with Gasteiger partial charge in [0.15, 0.2) is 0 Å². The minimum atomic E-state index is -3.25. The van der Waals surface area contributed by atoms with E-state index in [2.05, 4.69) is 24.9 Å². The number of sulfonamides is 1. The Kier molecular flexibility index (Phi) is 9.52. The maximum Gasteiger partial charge on any atom is 0.272 e. The van der Waals surface area contributed by atoms with Gasteiger partial charge in [0.2, 0.25) is 10.0 Å². The van der Waals surface area contributed by atoms with Crippen molar-refractivity contribution in [1.82, 2.24) is 24.5 Å². The molecule has 0 unspecified atom stereocenters. The van der Waals surface area contributed by atoms with Crippen molar-refractivity contribution < 1.29 is 13.2 Å². The number of carbonyl (C=O) groups excluding carboxylic acids is 1. The van der Waals surface area contributed by atoms with Gasteiger partial charge in [0.25, 0.3) is 5.91 Å². The molecule has 4 rings (SSSR count). The number of nitrogens with zero attached hydrogens (tertiary/aromatic N) is 4. The van der Waals surface area contributed by atoms with Gasteiger partial charge in [-0.1, -0.05) is 29.3 Å². The Morgan fingerprint density at radius 3 is 2.37 bits per heavy atom. The van der Waals surface area contributed by atoms with Gasteiger partial charge in [-0.15, -0.1) is 0 Å². The van der Waals surface area contributed by atoms with Crippen molar-refractivity contribution >= 4 is 45.0 Å². The van der Waals surface area contributed by atoms with E-state index in [0.29, 0.717) is 52.8 Å². The second kappa shape index (κ2) is 12.5. The molecule has 2 aromatic rings. The molecular formula is C26H36Cl2N6O3S. The number of carbonyl (C=O) groups is 1. The first-order valence-corrected chi connectivity index (χ1v) is 15.4. The molecule has 2 aliphatic rings. The van der Waals surface area contributed by atoms with Gasteiger partial charge in [-0.3, -0.25) is 4.79 Å².